The normalized spacial score (nSPS) is 33.0. The van der Waals surface area contributed by atoms with Gasteiger partial charge in [0, 0.05) is 5.57 Å². The van der Waals surface area contributed by atoms with Crippen LogP contribution in [0, 0.1) is 11.8 Å². The average molecular weight is 362 g/mol. The summed E-state index contributed by atoms with van der Waals surface area (Å²) in [6.45, 7) is 6.95. The first-order valence-corrected chi connectivity index (χ1v) is 8.65. The molecule has 3 rings (SSSR count). The molecule has 0 aromatic rings. The van der Waals surface area contributed by atoms with Crippen molar-refractivity contribution in [2.24, 2.45) is 11.8 Å². The fourth-order valence-electron chi connectivity index (χ4n) is 3.33. The fraction of sp³-hybridized carbons (Fsp3) is 0.526. The van der Waals surface area contributed by atoms with Crippen LogP contribution in [0.5, 0.6) is 0 Å². The number of esters is 3. The predicted octanol–water partition coefficient (Wildman–Crippen LogP) is 1.22. The topological polar surface area (TPSA) is 99.1 Å². The van der Waals surface area contributed by atoms with E-state index in [1.165, 1.54) is 0 Å². The van der Waals surface area contributed by atoms with Crippen LogP contribution in [-0.2, 0) is 28.6 Å². The summed E-state index contributed by atoms with van der Waals surface area (Å²) in [6.07, 6.45) is 1.84. The minimum Gasteiger partial charge on any atom is -0.457 e. The molecule has 1 saturated heterocycles. The standard InChI is InChI=1S/C19H22O7/c1-9(2)17(21)24-13-5-4-11(8-20)6-14-16(10(3)18(22)25-14)15-7-12(13)19(23)26-15/h6-7,9,13-16,20H,3-5,8H2,1-2H3/b11-6+/t13-,14+,15+,16-/m0/s1. The smallest absolute Gasteiger partial charge is 0.338 e. The number of aliphatic hydroxyl groups is 1. The highest BCUT2D eigenvalue weighted by Crippen LogP contribution is 2.38. The molecule has 0 unspecified atom stereocenters. The summed E-state index contributed by atoms with van der Waals surface area (Å²) in [7, 11) is 0. The van der Waals surface area contributed by atoms with Crippen LogP contribution in [0.25, 0.3) is 0 Å². The molecule has 7 nitrogen and oxygen atoms in total. The van der Waals surface area contributed by atoms with Gasteiger partial charge in [-0.1, -0.05) is 20.4 Å². The Kier molecular flexibility index (Phi) is 5.00. The van der Waals surface area contributed by atoms with Gasteiger partial charge in [-0.2, -0.15) is 0 Å². The van der Waals surface area contributed by atoms with Crippen LogP contribution in [0.3, 0.4) is 0 Å². The van der Waals surface area contributed by atoms with Crippen LogP contribution in [0.15, 0.2) is 35.5 Å². The molecule has 26 heavy (non-hydrogen) atoms. The molecule has 0 spiro atoms. The van der Waals surface area contributed by atoms with Gasteiger partial charge in [0.15, 0.2) is 0 Å². The summed E-state index contributed by atoms with van der Waals surface area (Å²) in [5.41, 5.74) is 1.12. The molecule has 0 aromatic heterocycles. The summed E-state index contributed by atoms with van der Waals surface area (Å²) < 4.78 is 16.2. The second kappa shape index (κ2) is 7.07. The summed E-state index contributed by atoms with van der Waals surface area (Å²) in [5.74, 6) is -2.44. The SMILES string of the molecule is C=C1C(=O)O[C@@H]2/C=C(/CO)CC[C@H](OC(=O)C(C)C)C3=C[C@@H](OC3=O)[C@@H]12. The zero-order valence-electron chi connectivity index (χ0n) is 14.8. The molecule has 0 amide bonds. The van der Waals surface area contributed by atoms with Gasteiger partial charge in [-0.15, -0.1) is 0 Å². The van der Waals surface area contributed by atoms with Gasteiger partial charge in [0.1, 0.15) is 18.3 Å². The molecule has 2 aliphatic heterocycles. The zero-order chi connectivity index (χ0) is 19.0. The van der Waals surface area contributed by atoms with Crippen molar-refractivity contribution < 1.29 is 33.7 Å². The maximum atomic E-state index is 12.4. The van der Waals surface area contributed by atoms with Crippen molar-refractivity contribution in [2.45, 2.75) is 45.0 Å². The molecule has 1 fully saturated rings. The number of aliphatic hydroxyl groups excluding tert-OH is 1. The van der Waals surface area contributed by atoms with Gasteiger partial charge in [-0.05, 0) is 30.6 Å². The number of carbonyl (C=O) groups excluding carboxylic acids is 3. The minimum atomic E-state index is -0.764. The van der Waals surface area contributed by atoms with Crippen LogP contribution >= 0.6 is 0 Å². The molecule has 4 atom stereocenters. The van der Waals surface area contributed by atoms with Crippen LogP contribution in [-0.4, -0.2) is 47.9 Å². The van der Waals surface area contributed by atoms with Crippen molar-refractivity contribution in [1.29, 1.82) is 0 Å². The van der Waals surface area contributed by atoms with E-state index in [1.807, 2.05) is 0 Å². The Balaban J connectivity index is 1.97. The third-order valence-corrected chi connectivity index (χ3v) is 4.85. The third kappa shape index (κ3) is 3.31. The number of carbonyl (C=O) groups is 3. The van der Waals surface area contributed by atoms with Gasteiger partial charge in [0.2, 0.25) is 0 Å². The second-order valence-electron chi connectivity index (χ2n) is 7.01. The average Bonchev–Trinajstić information content (AvgIpc) is 3.09. The van der Waals surface area contributed by atoms with Gasteiger partial charge in [-0.25, -0.2) is 9.59 Å². The number of hydrogen-bond acceptors (Lipinski definition) is 7. The Morgan fingerprint density at radius 2 is 1.92 bits per heavy atom. The Morgan fingerprint density at radius 3 is 2.58 bits per heavy atom. The number of hydrogen-bond donors (Lipinski definition) is 1. The summed E-state index contributed by atoms with van der Waals surface area (Å²) in [4.78, 5) is 36.3. The van der Waals surface area contributed by atoms with Crippen molar-refractivity contribution >= 4 is 17.9 Å². The highest BCUT2D eigenvalue weighted by atomic mass is 16.6. The lowest BCUT2D eigenvalue weighted by Crippen LogP contribution is -2.28. The molecule has 7 heteroatoms. The molecule has 0 saturated carbocycles. The van der Waals surface area contributed by atoms with Crippen LogP contribution < -0.4 is 0 Å². The highest BCUT2D eigenvalue weighted by molar-refractivity contribution is 5.94. The molecular formula is C19H22O7. The van der Waals surface area contributed by atoms with Crippen LogP contribution in [0.1, 0.15) is 26.7 Å². The van der Waals surface area contributed by atoms with E-state index in [1.54, 1.807) is 26.0 Å². The summed E-state index contributed by atoms with van der Waals surface area (Å²) in [5, 5.41) is 9.63. The van der Waals surface area contributed by atoms with E-state index in [4.69, 9.17) is 14.2 Å². The van der Waals surface area contributed by atoms with E-state index < -0.39 is 42.1 Å². The Labute approximate surface area is 151 Å². The van der Waals surface area contributed by atoms with E-state index in [2.05, 4.69) is 6.58 Å². The maximum Gasteiger partial charge on any atom is 0.338 e. The molecule has 0 radical (unpaired) electrons. The van der Waals surface area contributed by atoms with E-state index in [-0.39, 0.29) is 23.7 Å². The third-order valence-electron chi connectivity index (χ3n) is 4.85. The summed E-state index contributed by atoms with van der Waals surface area (Å²) in [6, 6.07) is 0. The Morgan fingerprint density at radius 1 is 1.27 bits per heavy atom. The lowest BCUT2D eigenvalue weighted by molar-refractivity contribution is -0.153. The van der Waals surface area contributed by atoms with E-state index in [0.717, 1.165) is 0 Å². The maximum absolute atomic E-state index is 12.4. The van der Waals surface area contributed by atoms with Crippen LogP contribution in [0.2, 0.25) is 0 Å². The molecule has 0 aromatic carbocycles. The lowest BCUT2D eigenvalue weighted by Gasteiger charge is -2.22. The first-order valence-electron chi connectivity index (χ1n) is 8.65. The number of rotatable bonds is 3. The Hall–Kier alpha value is -2.41. The number of fused-ring (bicyclic) bond motifs is 3. The molecule has 140 valence electrons. The van der Waals surface area contributed by atoms with E-state index in [0.29, 0.717) is 18.4 Å². The van der Waals surface area contributed by atoms with Gasteiger partial charge in [0.25, 0.3) is 0 Å². The number of ether oxygens (including phenoxy) is 3. The van der Waals surface area contributed by atoms with E-state index >= 15 is 0 Å². The second-order valence-corrected chi connectivity index (χ2v) is 7.01. The molecule has 3 aliphatic rings. The van der Waals surface area contributed by atoms with Crippen molar-refractivity contribution in [3.63, 3.8) is 0 Å². The van der Waals surface area contributed by atoms with E-state index in [9.17, 15) is 19.5 Å². The fourth-order valence-corrected chi connectivity index (χ4v) is 3.33. The van der Waals surface area contributed by atoms with Gasteiger partial charge >= 0.3 is 17.9 Å². The highest BCUT2D eigenvalue weighted by Gasteiger charge is 2.47. The summed E-state index contributed by atoms with van der Waals surface area (Å²) >= 11 is 0. The van der Waals surface area contributed by atoms with Crippen molar-refractivity contribution in [3.8, 4) is 0 Å². The van der Waals surface area contributed by atoms with Gasteiger partial charge < -0.3 is 19.3 Å². The predicted molar refractivity (Wildman–Crippen MR) is 89.6 cm³/mol. The zero-order valence-corrected chi connectivity index (χ0v) is 14.8. The minimum absolute atomic E-state index is 0.218. The van der Waals surface area contributed by atoms with Gasteiger partial charge in [-0.3, -0.25) is 4.79 Å². The van der Waals surface area contributed by atoms with Crippen LogP contribution in [0.4, 0.5) is 0 Å². The first kappa shape index (κ1) is 18.4. The molecule has 1 aliphatic carbocycles. The monoisotopic (exact) mass is 362 g/mol. The van der Waals surface area contributed by atoms with Gasteiger partial charge in [0.05, 0.1) is 24.0 Å². The molecular weight excluding hydrogens is 340 g/mol. The molecule has 2 heterocycles. The first-order chi connectivity index (χ1) is 12.3. The Bertz CT molecular complexity index is 715. The van der Waals surface area contributed by atoms with Crippen molar-refractivity contribution in [1.82, 2.24) is 0 Å². The molecule has 1 N–H and O–H groups in total. The largest absolute Gasteiger partial charge is 0.457 e. The lowest BCUT2D eigenvalue weighted by atomic mass is 9.87. The quantitative estimate of drug-likeness (QED) is 0.349. The molecule has 2 bridgehead atoms. The van der Waals surface area contributed by atoms with Crippen molar-refractivity contribution in [3.05, 3.63) is 35.5 Å². The van der Waals surface area contributed by atoms with Crippen molar-refractivity contribution in [2.75, 3.05) is 6.61 Å².